The average Bonchev–Trinajstić information content (AvgIpc) is 2.67. The Kier molecular flexibility index (Phi) is 4.80. The highest BCUT2D eigenvalue weighted by molar-refractivity contribution is 5.84. The third-order valence-electron chi connectivity index (χ3n) is 3.39. The molecule has 1 aromatic rings. The molecule has 19 heavy (non-hydrogen) atoms. The van der Waals surface area contributed by atoms with E-state index in [4.69, 9.17) is 9.47 Å². The second-order valence-corrected chi connectivity index (χ2v) is 4.76. The lowest BCUT2D eigenvalue weighted by molar-refractivity contribution is -0.149. The summed E-state index contributed by atoms with van der Waals surface area (Å²) in [5.41, 5.74) is 0.283. The summed E-state index contributed by atoms with van der Waals surface area (Å²) in [7, 11) is 0. The maximum absolute atomic E-state index is 12.3. The Bertz CT molecular complexity index is 397. The molecule has 1 saturated heterocycles. The molecule has 1 aliphatic rings. The lowest BCUT2D eigenvalue weighted by atomic mass is 9.90. The van der Waals surface area contributed by atoms with Crippen LogP contribution in [0, 0.1) is 0 Å². The molecule has 0 bridgehead atoms. The van der Waals surface area contributed by atoms with Crippen molar-refractivity contribution in [3.63, 3.8) is 0 Å². The Morgan fingerprint density at radius 3 is 2.84 bits per heavy atom. The first kappa shape index (κ1) is 13.9. The number of benzene rings is 1. The molecule has 104 valence electrons. The molecule has 0 radical (unpaired) electrons. The second kappa shape index (κ2) is 6.57. The van der Waals surface area contributed by atoms with E-state index in [1.54, 1.807) is 0 Å². The normalized spacial score (nSPS) is 23.4. The van der Waals surface area contributed by atoms with Gasteiger partial charge in [-0.2, -0.15) is 0 Å². The zero-order valence-electron chi connectivity index (χ0n) is 11.4. The number of carbonyl (C=O) groups is 1. The summed E-state index contributed by atoms with van der Waals surface area (Å²) in [5, 5.41) is 3.36. The third-order valence-corrected chi connectivity index (χ3v) is 3.39. The highest BCUT2D eigenvalue weighted by atomic mass is 16.5. The van der Waals surface area contributed by atoms with Crippen molar-refractivity contribution in [1.82, 2.24) is 0 Å². The lowest BCUT2D eigenvalue weighted by Crippen LogP contribution is -2.47. The minimum Gasteiger partial charge on any atom is -0.464 e. The molecule has 0 aliphatic carbocycles. The Morgan fingerprint density at radius 1 is 1.32 bits per heavy atom. The van der Waals surface area contributed by atoms with Gasteiger partial charge >= 0.3 is 5.97 Å². The van der Waals surface area contributed by atoms with Gasteiger partial charge in [0.1, 0.15) is 5.54 Å². The Labute approximate surface area is 114 Å². The lowest BCUT2D eigenvalue weighted by Gasteiger charge is -2.31. The van der Waals surface area contributed by atoms with Crippen molar-refractivity contribution in [2.24, 2.45) is 0 Å². The predicted octanol–water partition coefficient (Wildman–Crippen LogP) is 2.60. The SMILES string of the molecule is CCOC(=O)C1(Nc2ccccc2)CCCOCC1. The summed E-state index contributed by atoms with van der Waals surface area (Å²) in [4.78, 5) is 12.3. The largest absolute Gasteiger partial charge is 0.464 e. The molecule has 1 aliphatic heterocycles. The first-order valence-electron chi connectivity index (χ1n) is 6.85. The van der Waals surface area contributed by atoms with Gasteiger partial charge in [0.15, 0.2) is 0 Å². The highest BCUT2D eigenvalue weighted by Crippen LogP contribution is 2.28. The molecular weight excluding hydrogens is 242 g/mol. The van der Waals surface area contributed by atoms with Crippen molar-refractivity contribution >= 4 is 11.7 Å². The van der Waals surface area contributed by atoms with Gasteiger partial charge < -0.3 is 14.8 Å². The predicted molar refractivity (Wildman–Crippen MR) is 74.1 cm³/mol. The number of carbonyl (C=O) groups excluding carboxylic acids is 1. The maximum atomic E-state index is 12.3. The zero-order chi connectivity index (χ0) is 13.6. The fraction of sp³-hybridized carbons (Fsp3) is 0.533. The summed E-state index contributed by atoms with van der Waals surface area (Å²) in [6, 6.07) is 9.79. The molecular formula is C15H21NO3. The van der Waals surface area contributed by atoms with E-state index < -0.39 is 5.54 Å². The van der Waals surface area contributed by atoms with E-state index in [-0.39, 0.29) is 5.97 Å². The highest BCUT2D eigenvalue weighted by Gasteiger charge is 2.40. The van der Waals surface area contributed by atoms with Crippen LogP contribution < -0.4 is 5.32 Å². The molecule has 1 atom stereocenters. The van der Waals surface area contributed by atoms with E-state index in [1.807, 2.05) is 37.3 Å². The van der Waals surface area contributed by atoms with E-state index >= 15 is 0 Å². The Hall–Kier alpha value is -1.55. The first-order chi connectivity index (χ1) is 9.27. The van der Waals surface area contributed by atoms with Crippen LogP contribution in [0.25, 0.3) is 0 Å². The summed E-state index contributed by atoms with van der Waals surface area (Å²) in [6.07, 6.45) is 2.24. The van der Waals surface area contributed by atoms with Crippen LogP contribution in [0.2, 0.25) is 0 Å². The number of esters is 1. The van der Waals surface area contributed by atoms with Gasteiger partial charge in [0.2, 0.25) is 0 Å². The maximum Gasteiger partial charge on any atom is 0.331 e. The standard InChI is InChI=1S/C15H21NO3/c1-2-19-14(17)15(9-6-11-18-12-10-15)16-13-7-4-3-5-8-13/h3-5,7-8,16H,2,6,9-12H2,1H3. The Balaban J connectivity index is 2.20. The van der Waals surface area contributed by atoms with Gasteiger partial charge in [0, 0.05) is 25.3 Å². The van der Waals surface area contributed by atoms with Gasteiger partial charge in [0.05, 0.1) is 6.61 Å². The van der Waals surface area contributed by atoms with Gasteiger partial charge in [-0.15, -0.1) is 0 Å². The van der Waals surface area contributed by atoms with Crippen LogP contribution in [0.1, 0.15) is 26.2 Å². The second-order valence-electron chi connectivity index (χ2n) is 4.76. The topological polar surface area (TPSA) is 47.6 Å². The molecule has 2 rings (SSSR count). The molecule has 1 N–H and O–H groups in total. The van der Waals surface area contributed by atoms with E-state index in [0.29, 0.717) is 26.2 Å². The number of para-hydroxylation sites is 1. The van der Waals surface area contributed by atoms with Crippen molar-refractivity contribution in [1.29, 1.82) is 0 Å². The molecule has 4 heteroatoms. The van der Waals surface area contributed by atoms with Gasteiger partial charge in [0.25, 0.3) is 0 Å². The van der Waals surface area contributed by atoms with E-state index in [1.165, 1.54) is 0 Å². The molecule has 0 aromatic heterocycles. The molecule has 1 heterocycles. The van der Waals surface area contributed by atoms with E-state index in [2.05, 4.69) is 5.32 Å². The van der Waals surface area contributed by atoms with Gasteiger partial charge in [-0.25, -0.2) is 4.79 Å². The minimum absolute atomic E-state index is 0.177. The third kappa shape index (κ3) is 3.47. The fourth-order valence-electron chi connectivity index (χ4n) is 2.40. The number of hydrogen-bond donors (Lipinski definition) is 1. The molecule has 1 fully saturated rings. The summed E-state index contributed by atoms with van der Waals surface area (Å²) >= 11 is 0. The minimum atomic E-state index is -0.659. The summed E-state index contributed by atoms with van der Waals surface area (Å²) in [5.74, 6) is -0.177. The van der Waals surface area contributed by atoms with Crippen LogP contribution in [0.5, 0.6) is 0 Å². The van der Waals surface area contributed by atoms with Crippen molar-refractivity contribution < 1.29 is 14.3 Å². The smallest absolute Gasteiger partial charge is 0.331 e. The summed E-state index contributed by atoms with van der Waals surface area (Å²) < 4.78 is 10.7. The zero-order valence-corrected chi connectivity index (χ0v) is 11.4. The average molecular weight is 263 g/mol. The van der Waals surface area contributed by atoms with E-state index in [9.17, 15) is 4.79 Å². The number of anilines is 1. The van der Waals surface area contributed by atoms with Crippen LogP contribution in [0.3, 0.4) is 0 Å². The molecule has 0 spiro atoms. The van der Waals surface area contributed by atoms with Crippen LogP contribution in [-0.2, 0) is 14.3 Å². The van der Waals surface area contributed by atoms with Crippen LogP contribution >= 0.6 is 0 Å². The fourth-order valence-corrected chi connectivity index (χ4v) is 2.40. The number of rotatable bonds is 4. The number of ether oxygens (including phenoxy) is 2. The van der Waals surface area contributed by atoms with Gasteiger partial charge in [-0.1, -0.05) is 18.2 Å². The van der Waals surface area contributed by atoms with Crippen LogP contribution in [0.15, 0.2) is 30.3 Å². The van der Waals surface area contributed by atoms with Crippen molar-refractivity contribution in [3.8, 4) is 0 Å². The van der Waals surface area contributed by atoms with Crippen LogP contribution in [-0.4, -0.2) is 31.3 Å². The van der Waals surface area contributed by atoms with Crippen LogP contribution in [0.4, 0.5) is 5.69 Å². The molecule has 4 nitrogen and oxygen atoms in total. The monoisotopic (exact) mass is 263 g/mol. The van der Waals surface area contributed by atoms with Crippen molar-refractivity contribution in [2.45, 2.75) is 31.7 Å². The molecule has 0 saturated carbocycles. The Morgan fingerprint density at radius 2 is 2.11 bits per heavy atom. The number of hydrogen-bond acceptors (Lipinski definition) is 4. The first-order valence-corrected chi connectivity index (χ1v) is 6.85. The van der Waals surface area contributed by atoms with Crippen molar-refractivity contribution in [3.05, 3.63) is 30.3 Å². The quantitative estimate of drug-likeness (QED) is 0.848. The van der Waals surface area contributed by atoms with E-state index in [0.717, 1.165) is 18.5 Å². The molecule has 1 unspecified atom stereocenters. The van der Waals surface area contributed by atoms with Gasteiger partial charge in [-0.05, 0) is 31.9 Å². The number of nitrogens with one attached hydrogen (secondary N) is 1. The molecule has 0 amide bonds. The summed E-state index contributed by atoms with van der Waals surface area (Å²) in [6.45, 7) is 3.52. The van der Waals surface area contributed by atoms with Gasteiger partial charge in [-0.3, -0.25) is 0 Å². The van der Waals surface area contributed by atoms with Crippen molar-refractivity contribution in [2.75, 3.05) is 25.1 Å². The molecule has 1 aromatic carbocycles.